The summed E-state index contributed by atoms with van der Waals surface area (Å²) in [4.78, 5) is 0. The summed E-state index contributed by atoms with van der Waals surface area (Å²) in [6, 6.07) is 0. The Morgan fingerprint density at radius 3 is 2.75 bits per heavy atom. The van der Waals surface area contributed by atoms with Gasteiger partial charge in [0, 0.05) is 0 Å². The second-order valence-electron chi connectivity index (χ2n) is 5.21. The molecule has 0 amide bonds. The van der Waals surface area contributed by atoms with Gasteiger partial charge in [0.1, 0.15) is 24.4 Å². The zero-order valence-electron chi connectivity index (χ0n) is 12.3. The van der Waals surface area contributed by atoms with Crippen molar-refractivity contribution < 1.29 is 24.8 Å². The van der Waals surface area contributed by atoms with Crippen LogP contribution in [-0.4, -0.2) is 59.6 Å². The Bertz CT molecular complexity index is 269. The van der Waals surface area contributed by atoms with Gasteiger partial charge in [-0.1, -0.05) is 31.9 Å². The van der Waals surface area contributed by atoms with Gasteiger partial charge in [-0.3, -0.25) is 0 Å². The summed E-state index contributed by atoms with van der Waals surface area (Å²) in [6.45, 7) is 2.40. The third kappa shape index (κ3) is 5.89. The fraction of sp³-hybridized carbons (Fsp3) is 0.867. The number of rotatable bonds is 10. The topological polar surface area (TPSA) is 79.2 Å². The molecular formula is C15H28O5. The van der Waals surface area contributed by atoms with Gasteiger partial charge in [0.25, 0.3) is 0 Å². The van der Waals surface area contributed by atoms with Crippen LogP contribution in [0.3, 0.4) is 0 Å². The van der Waals surface area contributed by atoms with E-state index in [1.165, 1.54) is 19.3 Å². The average Bonchev–Trinajstić information content (AvgIpc) is 2.82. The van der Waals surface area contributed by atoms with Crippen LogP contribution in [0.25, 0.3) is 0 Å². The Kier molecular flexibility index (Phi) is 9.05. The number of aliphatic hydroxyl groups excluding tert-OH is 3. The van der Waals surface area contributed by atoms with Crippen molar-refractivity contribution in [3.63, 3.8) is 0 Å². The molecule has 0 aromatic rings. The maximum atomic E-state index is 9.74. The third-order valence-electron chi connectivity index (χ3n) is 3.46. The molecule has 5 heteroatoms. The molecule has 0 radical (unpaired) electrons. The molecule has 4 atom stereocenters. The predicted molar refractivity (Wildman–Crippen MR) is 76.5 cm³/mol. The van der Waals surface area contributed by atoms with Gasteiger partial charge >= 0.3 is 0 Å². The van der Waals surface area contributed by atoms with Crippen LogP contribution in [0.4, 0.5) is 0 Å². The van der Waals surface area contributed by atoms with Gasteiger partial charge in [-0.25, -0.2) is 0 Å². The molecule has 1 aliphatic heterocycles. The molecular weight excluding hydrogens is 260 g/mol. The molecule has 0 unspecified atom stereocenters. The number of hydrogen-bond donors (Lipinski definition) is 3. The van der Waals surface area contributed by atoms with Crippen molar-refractivity contribution in [1.82, 2.24) is 0 Å². The van der Waals surface area contributed by atoms with Gasteiger partial charge in [0.2, 0.25) is 0 Å². The summed E-state index contributed by atoms with van der Waals surface area (Å²) in [6.07, 6.45) is 6.83. The normalized spacial score (nSPS) is 28.3. The zero-order valence-corrected chi connectivity index (χ0v) is 12.3. The lowest BCUT2D eigenvalue weighted by atomic mass is 10.1. The largest absolute Gasteiger partial charge is 0.394 e. The number of hydrogen-bond acceptors (Lipinski definition) is 5. The van der Waals surface area contributed by atoms with E-state index in [0.29, 0.717) is 6.61 Å². The Hall–Kier alpha value is -0.460. The first-order chi connectivity index (χ1) is 9.70. The van der Waals surface area contributed by atoms with Crippen LogP contribution < -0.4 is 0 Å². The minimum atomic E-state index is -1.01. The van der Waals surface area contributed by atoms with Crippen LogP contribution in [0, 0.1) is 0 Å². The van der Waals surface area contributed by atoms with Gasteiger partial charge < -0.3 is 24.8 Å². The maximum Gasteiger partial charge on any atom is 0.114 e. The highest BCUT2D eigenvalue weighted by Crippen LogP contribution is 2.21. The van der Waals surface area contributed by atoms with Crippen LogP contribution in [0.1, 0.15) is 39.0 Å². The summed E-state index contributed by atoms with van der Waals surface area (Å²) in [7, 11) is 0. The van der Waals surface area contributed by atoms with E-state index in [4.69, 9.17) is 14.6 Å². The van der Waals surface area contributed by atoms with Crippen molar-refractivity contribution in [2.24, 2.45) is 0 Å². The summed E-state index contributed by atoms with van der Waals surface area (Å²) in [5.41, 5.74) is 0. The first kappa shape index (κ1) is 17.6. The molecule has 0 aliphatic carbocycles. The first-order valence-corrected chi connectivity index (χ1v) is 7.55. The SMILES string of the molecule is CCCCC/C=C/CCO[C@@H]1[C@H]([C@H](O)CO)OC[C@@H]1O. The second kappa shape index (κ2) is 10.3. The highest BCUT2D eigenvalue weighted by atomic mass is 16.6. The van der Waals surface area contributed by atoms with E-state index in [0.717, 1.165) is 12.8 Å². The number of aliphatic hydroxyl groups is 3. The molecule has 1 heterocycles. The van der Waals surface area contributed by atoms with Crippen molar-refractivity contribution in [2.45, 2.75) is 63.4 Å². The third-order valence-corrected chi connectivity index (χ3v) is 3.46. The highest BCUT2D eigenvalue weighted by molar-refractivity contribution is 4.89. The van der Waals surface area contributed by atoms with Gasteiger partial charge in [0.15, 0.2) is 0 Å². The van der Waals surface area contributed by atoms with Crippen molar-refractivity contribution >= 4 is 0 Å². The van der Waals surface area contributed by atoms with E-state index >= 15 is 0 Å². The van der Waals surface area contributed by atoms with Crippen LogP contribution in [0.15, 0.2) is 12.2 Å². The Balaban J connectivity index is 2.19. The lowest BCUT2D eigenvalue weighted by molar-refractivity contribution is -0.0924. The van der Waals surface area contributed by atoms with Gasteiger partial charge in [-0.2, -0.15) is 0 Å². The summed E-state index contributed by atoms with van der Waals surface area (Å²) >= 11 is 0. The number of unbranched alkanes of at least 4 members (excludes halogenated alkanes) is 3. The average molecular weight is 288 g/mol. The maximum absolute atomic E-state index is 9.74. The van der Waals surface area contributed by atoms with Crippen LogP contribution in [0.2, 0.25) is 0 Å². The van der Waals surface area contributed by atoms with E-state index in [1.807, 2.05) is 0 Å². The van der Waals surface area contributed by atoms with E-state index in [-0.39, 0.29) is 6.61 Å². The second-order valence-corrected chi connectivity index (χ2v) is 5.21. The van der Waals surface area contributed by atoms with Crippen molar-refractivity contribution in [2.75, 3.05) is 19.8 Å². The number of ether oxygens (including phenoxy) is 2. The molecule has 1 rings (SSSR count). The Morgan fingerprint density at radius 2 is 2.05 bits per heavy atom. The summed E-state index contributed by atoms with van der Waals surface area (Å²) < 4.78 is 10.8. The lowest BCUT2D eigenvalue weighted by Crippen LogP contribution is -2.42. The molecule has 1 saturated heterocycles. The molecule has 1 aliphatic rings. The number of allylic oxidation sites excluding steroid dienone is 1. The highest BCUT2D eigenvalue weighted by Gasteiger charge is 2.40. The summed E-state index contributed by atoms with van der Waals surface area (Å²) in [5.74, 6) is 0. The lowest BCUT2D eigenvalue weighted by Gasteiger charge is -2.23. The molecule has 3 N–H and O–H groups in total. The van der Waals surface area contributed by atoms with E-state index in [2.05, 4.69) is 19.1 Å². The molecule has 0 bridgehead atoms. The molecule has 1 fully saturated rings. The molecule has 5 nitrogen and oxygen atoms in total. The smallest absolute Gasteiger partial charge is 0.114 e. The molecule has 118 valence electrons. The fourth-order valence-electron chi connectivity index (χ4n) is 2.28. The van der Waals surface area contributed by atoms with Gasteiger partial charge in [-0.15, -0.1) is 0 Å². The van der Waals surface area contributed by atoms with E-state index < -0.39 is 31.0 Å². The molecule has 0 aromatic carbocycles. The summed E-state index contributed by atoms with van der Waals surface area (Å²) in [5, 5.41) is 28.3. The minimum Gasteiger partial charge on any atom is -0.394 e. The van der Waals surface area contributed by atoms with Crippen molar-refractivity contribution in [1.29, 1.82) is 0 Å². The monoisotopic (exact) mass is 288 g/mol. The minimum absolute atomic E-state index is 0.138. The fourth-order valence-corrected chi connectivity index (χ4v) is 2.28. The van der Waals surface area contributed by atoms with Gasteiger partial charge in [0.05, 0.1) is 19.8 Å². The Labute approximate surface area is 121 Å². The van der Waals surface area contributed by atoms with Crippen LogP contribution in [0.5, 0.6) is 0 Å². The molecule has 0 aromatic heterocycles. The standard InChI is InChI=1S/C15H28O5/c1-2-3-4-5-6-7-8-9-19-15-13(18)11-20-14(15)12(17)10-16/h6-7,12-18H,2-5,8-11H2,1H3/b7-6+/t12-,13+,14+,15+/m1/s1. The van der Waals surface area contributed by atoms with Crippen LogP contribution >= 0.6 is 0 Å². The van der Waals surface area contributed by atoms with Crippen LogP contribution in [-0.2, 0) is 9.47 Å². The van der Waals surface area contributed by atoms with Crippen molar-refractivity contribution in [3.8, 4) is 0 Å². The Morgan fingerprint density at radius 1 is 1.30 bits per heavy atom. The van der Waals surface area contributed by atoms with Crippen molar-refractivity contribution in [3.05, 3.63) is 12.2 Å². The predicted octanol–water partition coefficient (Wildman–Crippen LogP) is 1.01. The molecule has 0 spiro atoms. The van der Waals surface area contributed by atoms with E-state index in [1.54, 1.807) is 0 Å². The molecule has 0 saturated carbocycles. The zero-order chi connectivity index (χ0) is 14.8. The quantitative estimate of drug-likeness (QED) is 0.413. The first-order valence-electron chi connectivity index (χ1n) is 7.55. The molecule has 20 heavy (non-hydrogen) atoms. The van der Waals surface area contributed by atoms with Gasteiger partial charge in [-0.05, 0) is 19.3 Å². The van der Waals surface area contributed by atoms with E-state index in [9.17, 15) is 10.2 Å².